The van der Waals surface area contributed by atoms with E-state index in [-0.39, 0.29) is 0 Å². The van der Waals surface area contributed by atoms with Crippen LogP contribution in [0, 0.1) is 0 Å². The molecule has 0 saturated carbocycles. The number of allylic oxidation sites excluding steroid dienone is 1. The van der Waals surface area contributed by atoms with Crippen molar-refractivity contribution < 1.29 is 0 Å². The number of aromatic nitrogens is 2. The van der Waals surface area contributed by atoms with Crippen LogP contribution in [0.5, 0.6) is 0 Å². The van der Waals surface area contributed by atoms with Crippen molar-refractivity contribution in [2.45, 2.75) is 45.6 Å². The van der Waals surface area contributed by atoms with Crippen LogP contribution in [0.4, 0.5) is 0 Å². The van der Waals surface area contributed by atoms with Gasteiger partial charge in [-0.05, 0) is 52.7 Å². The molecule has 1 aromatic heterocycles. The molecule has 0 spiro atoms. The van der Waals surface area contributed by atoms with Crippen molar-refractivity contribution in [1.29, 1.82) is 0 Å². The molecule has 0 bridgehead atoms. The van der Waals surface area contributed by atoms with Gasteiger partial charge in [0.1, 0.15) is 5.82 Å². The number of likely N-dealkylation sites (tertiary alicyclic amines) is 1. The zero-order chi connectivity index (χ0) is 14.2. The molecule has 0 atom stereocenters. The van der Waals surface area contributed by atoms with Crippen LogP contribution in [0.1, 0.15) is 38.9 Å². The van der Waals surface area contributed by atoms with E-state index in [0.29, 0.717) is 6.04 Å². The first kappa shape index (κ1) is 15.3. The molecular formula is C16H28N4. The van der Waals surface area contributed by atoms with Gasteiger partial charge in [-0.3, -0.25) is 4.90 Å². The van der Waals surface area contributed by atoms with Crippen molar-refractivity contribution in [2.24, 2.45) is 0 Å². The van der Waals surface area contributed by atoms with Crippen LogP contribution in [0.3, 0.4) is 0 Å². The molecule has 1 aromatic rings. The molecule has 0 amide bonds. The number of H-pyrrole nitrogens is 1. The van der Waals surface area contributed by atoms with Gasteiger partial charge in [0.25, 0.3) is 0 Å². The largest absolute Gasteiger partial charge is 0.349 e. The van der Waals surface area contributed by atoms with Gasteiger partial charge in [-0.25, -0.2) is 4.98 Å². The first-order valence-electron chi connectivity index (χ1n) is 7.81. The zero-order valence-corrected chi connectivity index (χ0v) is 12.9. The molecule has 0 aromatic carbocycles. The predicted molar refractivity (Wildman–Crippen MR) is 83.8 cm³/mol. The van der Waals surface area contributed by atoms with Crippen LogP contribution in [0.25, 0.3) is 0 Å². The highest BCUT2D eigenvalue weighted by Gasteiger charge is 2.17. The molecule has 0 radical (unpaired) electrons. The number of rotatable bonds is 7. The minimum atomic E-state index is 0.703. The summed E-state index contributed by atoms with van der Waals surface area (Å²) in [5, 5.41) is 3.69. The van der Waals surface area contributed by atoms with E-state index in [2.05, 4.69) is 40.1 Å². The summed E-state index contributed by atoms with van der Waals surface area (Å²) in [4.78, 5) is 9.95. The number of aromatic amines is 1. The van der Waals surface area contributed by atoms with Crippen molar-refractivity contribution in [3.63, 3.8) is 0 Å². The lowest BCUT2D eigenvalue weighted by atomic mass is 10.0. The van der Waals surface area contributed by atoms with E-state index in [4.69, 9.17) is 0 Å². The number of hydrogen-bond donors (Lipinski definition) is 2. The van der Waals surface area contributed by atoms with Crippen LogP contribution in [-0.2, 0) is 6.42 Å². The Hall–Kier alpha value is -1.13. The van der Waals surface area contributed by atoms with Gasteiger partial charge in [-0.15, -0.1) is 0 Å². The average molecular weight is 276 g/mol. The number of nitrogens with one attached hydrogen (secondary N) is 2. The maximum Gasteiger partial charge on any atom is 0.106 e. The fraction of sp³-hybridized carbons (Fsp3) is 0.688. The number of aryl methyl sites for hydroxylation is 1. The van der Waals surface area contributed by atoms with E-state index in [9.17, 15) is 0 Å². The summed E-state index contributed by atoms with van der Waals surface area (Å²) in [6.45, 7) is 9.01. The van der Waals surface area contributed by atoms with Crippen molar-refractivity contribution in [2.75, 3.05) is 26.2 Å². The fourth-order valence-electron chi connectivity index (χ4n) is 2.63. The topological polar surface area (TPSA) is 44.0 Å². The lowest BCUT2D eigenvalue weighted by Gasteiger charge is -2.31. The summed E-state index contributed by atoms with van der Waals surface area (Å²) in [6.07, 6.45) is 10.8. The van der Waals surface area contributed by atoms with E-state index >= 15 is 0 Å². The Labute approximate surface area is 122 Å². The summed E-state index contributed by atoms with van der Waals surface area (Å²) in [7, 11) is 0. The number of piperidine rings is 1. The van der Waals surface area contributed by atoms with E-state index in [1.165, 1.54) is 31.5 Å². The van der Waals surface area contributed by atoms with Gasteiger partial charge < -0.3 is 10.3 Å². The number of hydrogen-bond acceptors (Lipinski definition) is 3. The molecule has 1 saturated heterocycles. The van der Waals surface area contributed by atoms with E-state index in [1.807, 2.05) is 12.4 Å². The van der Waals surface area contributed by atoms with Gasteiger partial charge in [-0.1, -0.05) is 11.6 Å². The lowest BCUT2D eigenvalue weighted by Crippen LogP contribution is -2.42. The average Bonchev–Trinajstić information content (AvgIpc) is 2.96. The first-order chi connectivity index (χ1) is 9.74. The molecular weight excluding hydrogens is 248 g/mol. The molecule has 1 aliphatic rings. The molecule has 0 aliphatic carbocycles. The highest BCUT2D eigenvalue weighted by atomic mass is 15.1. The second kappa shape index (κ2) is 8.22. The van der Waals surface area contributed by atoms with Gasteiger partial charge >= 0.3 is 0 Å². The van der Waals surface area contributed by atoms with E-state index in [0.717, 1.165) is 31.8 Å². The van der Waals surface area contributed by atoms with Crippen molar-refractivity contribution in [3.05, 3.63) is 29.9 Å². The van der Waals surface area contributed by atoms with Crippen LogP contribution in [-0.4, -0.2) is 47.1 Å². The monoisotopic (exact) mass is 276 g/mol. The Bertz CT molecular complexity index is 385. The highest BCUT2D eigenvalue weighted by molar-refractivity contribution is 4.95. The summed E-state index contributed by atoms with van der Waals surface area (Å²) in [5.74, 6) is 1.10. The second-order valence-electron chi connectivity index (χ2n) is 5.95. The summed E-state index contributed by atoms with van der Waals surface area (Å²) in [6, 6.07) is 0.703. The molecule has 20 heavy (non-hydrogen) atoms. The third-order valence-electron chi connectivity index (χ3n) is 3.92. The quantitative estimate of drug-likeness (QED) is 0.593. The number of nitrogens with zero attached hydrogens (tertiary/aromatic N) is 2. The normalized spacial score (nSPS) is 17.3. The van der Waals surface area contributed by atoms with Crippen molar-refractivity contribution >= 4 is 0 Å². The molecule has 2 heterocycles. The molecule has 112 valence electrons. The maximum absolute atomic E-state index is 4.25. The van der Waals surface area contributed by atoms with Gasteiger partial charge in [-0.2, -0.15) is 0 Å². The second-order valence-corrected chi connectivity index (χ2v) is 5.95. The standard InChI is InChI=1S/C16H28N4/c1-14(2)5-11-20-12-6-15(7-13-20)17-8-3-4-16-18-9-10-19-16/h5,9-10,15,17H,3-4,6-8,11-13H2,1-2H3,(H,18,19). The van der Waals surface area contributed by atoms with Crippen LogP contribution >= 0.6 is 0 Å². The molecule has 2 rings (SSSR count). The Morgan fingerprint density at radius 3 is 2.90 bits per heavy atom. The Kier molecular flexibility index (Phi) is 6.27. The van der Waals surface area contributed by atoms with Crippen molar-refractivity contribution in [3.8, 4) is 0 Å². The predicted octanol–water partition coefficient (Wildman–Crippen LogP) is 2.36. The van der Waals surface area contributed by atoms with Crippen LogP contribution in [0.15, 0.2) is 24.0 Å². The first-order valence-corrected chi connectivity index (χ1v) is 7.81. The minimum Gasteiger partial charge on any atom is -0.349 e. The zero-order valence-electron chi connectivity index (χ0n) is 12.9. The molecule has 4 heteroatoms. The third kappa shape index (κ3) is 5.47. The Morgan fingerprint density at radius 1 is 1.45 bits per heavy atom. The fourth-order valence-corrected chi connectivity index (χ4v) is 2.63. The van der Waals surface area contributed by atoms with E-state index in [1.54, 1.807) is 0 Å². The Balaban J connectivity index is 1.54. The Morgan fingerprint density at radius 2 is 2.25 bits per heavy atom. The molecule has 4 nitrogen and oxygen atoms in total. The highest BCUT2D eigenvalue weighted by Crippen LogP contribution is 2.10. The molecule has 1 aliphatic heterocycles. The molecule has 1 fully saturated rings. The maximum atomic E-state index is 4.25. The summed E-state index contributed by atoms with van der Waals surface area (Å²) in [5.41, 5.74) is 1.42. The summed E-state index contributed by atoms with van der Waals surface area (Å²) >= 11 is 0. The van der Waals surface area contributed by atoms with Crippen LogP contribution in [0.2, 0.25) is 0 Å². The SMILES string of the molecule is CC(C)=CCN1CCC(NCCCc2ncc[nH]2)CC1. The number of imidazole rings is 1. The lowest BCUT2D eigenvalue weighted by molar-refractivity contribution is 0.215. The van der Waals surface area contributed by atoms with Gasteiger partial charge in [0.05, 0.1) is 0 Å². The third-order valence-corrected chi connectivity index (χ3v) is 3.92. The molecule has 0 unspecified atom stereocenters. The van der Waals surface area contributed by atoms with Gasteiger partial charge in [0.2, 0.25) is 0 Å². The van der Waals surface area contributed by atoms with E-state index < -0.39 is 0 Å². The summed E-state index contributed by atoms with van der Waals surface area (Å²) < 4.78 is 0. The smallest absolute Gasteiger partial charge is 0.106 e. The van der Waals surface area contributed by atoms with Gasteiger partial charge in [0, 0.05) is 31.4 Å². The minimum absolute atomic E-state index is 0.703. The van der Waals surface area contributed by atoms with Gasteiger partial charge in [0.15, 0.2) is 0 Å². The molecule has 2 N–H and O–H groups in total. The van der Waals surface area contributed by atoms with Crippen molar-refractivity contribution in [1.82, 2.24) is 20.2 Å². The van der Waals surface area contributed by atoms with Crippen LogP contribution < -0.4 is 5.32 Å².